The minimum Gasteiger partial charge on any atom is -0.465 e. The van der Waals surface area contributed by atoms with E-state index in [4.69, 9.17) is 11.6 Å². The normalized spacial score (nSPS) is 11.3. The van der Waals surface area contributed by atoms with E-state index in [9.17, 15) is 18.0 Å². The van der Waals surface area contributed by atoms with Crippen molar-refractivity contribution in [1.29, 1.82) is 0 Å². The molecule has 0 atom stereocenters. The Morgan fingerprint density at radius 3 is 2.38 bits per heavy atom. The van der Waals surface area contributed by atoms with Gasteiger partial charge in [0.2, 0.25) is 0 Å². The Labute approximate surface area is 124 Å². The van der Waals surface area contributed by atoms with Crippen LogP contribution in [0.15, 0.2) is 42.5 Å². The van der Waals surface area contributed by atoms with Crippen LogP contribution in [0.5, 0.6) is 0 Å². The van der Waals surface area contributed by atoms with Crippen molar-refractivity contribution in [2.45, 2.75) is 6.18 Å². The summed E-state index contributed by atoms with van der Waals surface area (Å²) in [5, 5.41) is 0.0383. The quantitative estimate of drug-likeness (QED) is 0.743. The average Bonchev–Trinajstić information content (AvgIpc) is 2.45. The number of hydrogen-bond acceptors (Lipinski definition) is 2. The molecule has 0 spiro atoms. The lowest BCUT2D eigenvalue weighted by Gasteiger charge is -2.13. The Morgan fingerprint density at radius 2 is 1.81 bits per heavy atom. The zero-order valence-corrected chi connectivity index (χ0v) is 11.6. The van der Waals surface area contributed by atoms with Crippen LogP contribution in [0.3, 0.4) is 0 Å². The van der Waals surface area contributed by atoms with Crippen molar-refractivity contribution in [3.63, 3.8) is 0 Å². The summed E-state index contributed by atoms with van der Waals surface area (Å²) < 4.78 is 43.5. The molecule has 0 saturated heterocycles. The van der Waals surface area contributed by atoms with E-state index >= 15 is 0 Å². The first-order valence-corrected chi connectivity index (χ1v) is 6.27. The summed E-state index contributed by atoms with van der Waals surface area (Å²) in [7, 11) is 1.20. The minimum absolute atomic E-state index is 0.00307. The maximum absolute atomic E-state index is 13.0. The lowest BCUT2D eigenvalue weighted by molar-refractivity contribution is -0.137. The van der Waals surface area contributed by atoms with Crippen LogP contribution in [0, 0.1) is 0 Å². The van der Waals surface area contributed by atoms with Crippen LogP contribution < -0.4 is 0 Å². The summed E-state index contributed by atoms with van der Waals surface area (Å²) in [6.07, 6.45) is -4.47. The SMILES string of the molecule is COC(=O)c1ccc(-c2ccccc2C(F)(F)F)cc1Cl. The van der Waals surface area contributed by atoms with Gasteiger partial charge in [0.15, 0.2) is 0 Å². The zero-order valence-electron chi connectivity index (χ0n) is 10.9. The molecule has 0 aliphatic rings. The van der Waals surface area contributed by atoms with E-state index in [2.05, 4.69) is 4.74 Å². The first kappa shape index (κ1) is 15.4. The third-order valence-electron chi connectivity index (χ3n) is 2.92. The standard InChI is InChI=1S/C15H10ClF3O2/c1-21-14(20)11-7-6-9(8-13(11)16)10-4-2-3-5-12(10)15(17,18)19/h2-8H,1H3. The number of alkyl halides is 3. The van der Waals surface area contributed by atoms with E-state index in [1.807, 2.05) is 0 Å². The predicted molar refractivity (Wildman–Crippen MR) is 73.2 cm³/mol. The second-order valence-corrected chi connectivity index (χ2v) is 4.64. The van der Waals surface area contributed by atoms with E-state index in [0.717, 1.165) is 6.07 Å². The van der Waals surface area contributed by atoms with Gasteiger partial charge in [0.05, 0.1) is 23.3 Å². The molecule has 2 rings (SSSR count). The number of halogens is 4. The Bertz CT molecular complexity index is 681. The van der Waals surface area contributed by atoms with E-state index in [1.54, 1.807) is 0 Å². The second kappa shape index (κ2) is 5.77. The van der Waals surface area contributed by atoms with Crippen molar-refractivity contribution in [3.8, 4) is 11.1 Å². The highest BCUT2D eigenvalue weighted by Crippen LogP contribution is 2.37. The van der Waals surface area contributed by atoms with Gasteiger partial charge in [-0.25, -0.2) is 4.79 Å². The van der Waals surface area contributed by atoms with E-state index in [-0.39, 0.29) is 21.7 Å². The largest absolute Gasteiger partial charge is 0.465 e. The van der Waals surface area contributed by atoms with Gasteiger partial charge in [0, 0.05) is 0 Å². The first-order valence-electron chi connectivity index (χ1n) is 5.89. The van der Waals surface area contributed by atoms with Crippen molar-refractivity contribution in [2.24, 2.45) is 0 Å². The van der Waals surface area contributed by atoms with E-state index in [1.165, 1.54) is 43.5 Å². The van der Waals surface area contributed by atoms with Crippen molar-refractivity contribution in [3.05, 3.63) is 58.6 Å². The number of esters is 1. The highest BCUT2D eigenvalue weighted by Gasteiger charge is 2.33. The maximum Gasteiger partial charge on any atom is 0.417 e. The van der Waals surface area contributed by atoms with Crippen molar-refractivity contribution in [1.82, 2.24) is 0 Å². The number of carbonyl (C=O) groups is 1. The third-order valence-corrected chi connectivity index (χ3v) is 3.23. The fourth-order valence-corrected chi connectivity index (χ4v) is 2.20. The van der Waals surface area contributed by atoms with Crippen molar-refractivity contribution >= 4 is 17.6 Å². The molecule has 0 fully saturated rings. The van der Waals surface area contributed by atoms with Crippen LogP contribution >= 0.6 is 11.6 Å². The van der Waals surface area contributed by atoms with Gasteiger partial charge < -0.3 is 4.74 Å². The maximum atomic E-state index is 13.0. The Kier molecular flexibility index (Phi) is 4.23. The minimum atomic E-state index is -4.47. The number of hydrogen-bond donors (Lipinski definition) is 0. The highest BCUT2D eigenvalue weighted by atomic mass is 35.5. The molecule has 0 aromatic heterocycles. The van der Waals surface area contributed by atoms with Gasteiger partial charge in [-0.3, -0.25) is 0 Å². The Hall–Kier alpha value is -2.01. The molecule has 0 radical (unpaired) electrons. The fraction of sp³-hybridized carbons (Fsp3) is 0.133. The fourth-order valence-electron chi connectivity index (χ4n) is 1.94. The number of carbonyl (C=O) groups excluding carboxylic acids is 1. The molecule has 21 heavy (non-hydrogen) atoms. The summed E-state index contributed by atoms with van der Waals surface area (Å²) in [6, 6.07) is 9.24. The summed E-state index contributed by atoms with van der Waals surface area (Å²) in [6.45, 7) is 0. The zero-order chi connectivity index (χ0) is 15.6. The van der Waals surface area contributed by atoms with Gasteiger partial charge in [-0.15, -0.1) is 0 Å². The molecule has 2 aromatic carbocycles. The third kappa shape index (κ3) is 3.19. The molecule has 0 saturated carbocycles. The van der Waals surface area contributed by atoms with Gasteiger partial charge in [-0.05, 0) is 29.3 Å². The molecule has 0 aliphatic carbocycles. The summed E-state index contributed by atoms with van der Waals surface area (Å²) in [4.78, 5) is 11.4. The summed E-state index contributed by atoms with van der Waals surface area (Å²) in [5.41, 5.74) is -0.372. The Balaban J connectivity index is 2.54. The summed E-state index contributed by atoms with van der Waals surface area (Å²) in [5.74, 6) is -0.643. The van der Waals surface area contributed by atoms with Gasteiger partial charge >= 0.3 is 12.1 Å². The van der Waals surface area contributed by atoms with Crippen molar-refractivity contribution in [2.75, 3.05) is 7.11 Å². The molecule has 2 nitrogen and oxygen atoms in total. The Morgan fingerprint density at radius 1 is 1.14 bits per heavy atom. The number of benzene rings is 2. The lowest BCUT2D eigenvalue weighted by atomic mass is 9.98. The molecule has 2 aromatic rings. The van der Waals surface area contributed by atoms with Gasteiger partial charge in [-0.1, -0.05) is 35.9 Å². The molecule has 0 bridgehead atoms. The summed E-state index contributed by atoms with van der Waals surface area (Å²) >= 11 is 5.94. The van der Waals surface area contributed by atoms with Crippen LogP contribution in [0.2, 0.25) is 5.02 Å². The van der Waals surface area contributed by atoms with Gasteiger partial charge in [-0.2, -0.15) is 13.2 Å². The number of rotatable bonds is 2. The molecule has 6 heteroatoms. The monoisotopic (exact) mass is 314 g/mol. The molecule has 0 heterocycles. The average molecular weight is 315 g/mol. The number of methoxy groups -OCH3 is 1. The van der Waals surface area contributed by atoms with Crippen molar-refractivity contribution < 1.29 is 22.7 Å². The van der Waals surface area contributed by atoms with E-state index in [0.29, 0.717) is 0 Å². The van der Waals surface area contributed by atoms with Crippen LogP contribution in [-0.2, 0) is 10.9 Å². The molecule has 110 valence electrons. The molecule has 0 amide bonds. The molecule has 0 unspecified atom stereocenters. The van der Waals surface area contributed by atoms with Gasteiger partial charge in [0.1, 0.15) is 0 Å². The first-order chi connectivity index (χ1) is 9.84. The molecule has 0 aliphatic heterocycles. The number of ether oxygens (including phenoxy) is 1. The van der Waals surface area contributed by atoms with Crippen LogP contribution in [0.1, 0.15) is 15.9 Å². The molecule has 0 N–H and O–H groups in total. The lowest BCUT2D eigenvalue weighted by Crippen LogP contribution is -2.07. The van der Waals surface area contributed by atoms with Crippen LogP contribution in [-0.4, -0.2) is 13.1 Å². The predicted octanol–water partition coefficient (Wildman–Crippen LogP) is 4.81. The highest BCUT2D eigenvalue weighted by molar-refractivity contribution is 6.33. The van der Waals surface area contributed by atoms with E-state index < -0.39 is 17.7 Å². The molecular weight excluding hydrogens is 305 g/mol. The second-order valence-electron chi connectivity index (χ2n) is 4.23. The van der Waals surface area contributed by atoms with Crippen LogP contribution in [0.4, 0.5) is 13.2 Å². The van der Waals surface area contributed by atoms with Crippen LogP contribution in [0.25, 0.3) is 11.1 Å². The topological polar surface area (TPSA) is 26.3 Å². The smallest absolute Gasteiger partial charge is 0.417 e. The molecular formula is C15H10ClF3O2. The van der Waals surface area contributed by atoms with Gasteiger partial charge in [0.25, 0.3) is 0 Å².